The topological polar surface area (TPSA) is 85.5 Å². The van der Waals surface area contributed by atoms with E-state index in [0.717, 1.165) is 49.8 Å². The van der Waals surface area contributed by atoms with Crippen LogP contribution in [0.25, 0.3) is 0 Å². The SMILES string of the molecule is C[C@H](C(=O)NC(=O)NCc1ccccc1)[NH+]1CC[NH+](Cc2ccc3c(c2)OCO3)CC1. The van der Waals surface area contributed by atoms with Crippen molar-refractivity contribution in [2.45, 2.75) is 26.1 Å². The van der Waals surface area contributed by atoms with Gasteiger partial charge in [-0.15, -0.1) is 0 Å². The van der Waals surface area contributed by atoms with Gasteiger partial charge in [-0.3, -0.25) is 10.1 Å². The number of hydrogen-bond acceptors (Lipinski definition) is 4. The van der Waals surface area contributed by atoms with E-state index in [-0.39, 0.29) is 18.7 Å². The van der Waals surface area contributed by atoms with E-state index < -0.39 is 6.03 Å². The van der Waals surface area contributed by atoms with Crippen molar-refractivity contribution >= 4 is 11.9 Å². The normalized spacial score (nSPS) is 20.7. The molecule has 1 atom stereocenters. The number of quaternary nitrogens is 2. The molecule has 164 valence electrons. The number of benzene rings is 2. The Hall–Kier alpha value is -3.10. The van der Waals surface area contributed by atoms with Crippen LogP contribution in [0.3, 0.4) is 0 Å². The third-order valence-electron chi connectivity index (χ3n) is 6.03. The maximum Gasteiger partial charge on any atom is 0.321 e. The van der Waals surface area contributed by atoms with E-state index in [2.05, 4.69) is 22.8 Å². The monoisotopic (exact) mass is 426 g/mol. The summed E-state index contributed by atoms with van der Waals surface area (Å²) in [4.78, 5) is 27.3. The molecular formula is C23H30N4O4+2. The van der Waals surface area contributed by atoms with Crippen molar-refractivity contribution in [3.8, 4) is 11.5 Å². The van der Waals surface area contributed by atoms with E-state index in [1.807, 2.05) is 43.3 Å². The molecule has 2 aliphatic heterocycles. The van der Waals surface area contributed by atoms with Gasteiger partial charge in [0.25, 0.3) is 5.91 Å². The number of carbonyl (C=O) groups is 2. The molecule has 8 heteroatoms. The van der Waals surface area contributed by atoms with Crippen LogP contribution < -0.4 is 29.9 Å². The number of carbonyl (C=O) groups excluding carboxylic acids is 2. The molecule has 31 heavy (non-hydrogen) atoms. The maximum atomic E-state index is 12.5. The summed E-state index contributed by atoms with van der Waals surface area (Å²) < 4.78 is 10.8. The highest BCUT2D eigenvalue weighted by molar-refractivity contribution is 5.96. The Morgan fingerprint density at radius 1 is 0.968 bits per heavy atom. The lowest BCUT2D eigenvalue weighted by molar-refractivity contribution is -1.02. The molecule has 0 spiro atoms. The Morgan fingerprint density at radius 3 is 2.48 bits per heavy atom. The van der Waals surface area contributed by atoms with Crippen LogP contribution in [0, 0.1) is 0 Å². The van der Waals surface area contributed by atoms with Crippen molar-refractivity contribution in [1.29, 1.82) is 0 Å². The van der Waals surface area contributed by atoms with Crippen molar-refractivity contribution in [1.82, 2.24) is 10.6 Å². The van der Waals surface area contributed by atoms with Gasteiger partial charge in [-0.25, -0.2) is 4.79 Å². The molecule has 1 fully saturated rings. The molecule has 2 aromatic carbocycles. The van der Waals surface area contributed by atoms with Crippen LogP contribution in [0.15, 0.2) is 48.5 Å². The zero-order chi connectivity index (χ0) is 21.6. The number of hydrogen-bond donors (Lipinski definition) is 4. The molecule has 4 rings (SSSR count). The van der Waals surface area contributed by atoms with Crippen molar-refractivity contribution < 1.29 is 28.9 Å². The number of fused-ring (bicyclic) bond motifs is 1. The highest BCUT2D eigenvalue weighted by Crippen LogP contribution is 2.32. The summed E-state index contributed by atoms with van der Waals surface area (Å²) in [7, 11) is 0. The minimum absolute atomic E-state index is 0.236. The molecular weight excluding hydrogens is 396 g/mol. The van der Waals surface area contributed by atoms with Crippen molar-refractivity contribution in [3.63, 3.8) is 0 Å². The largest absolute Gasteiger partial charge is 0.454 e. The highest BCUT2D eigenvalue weighted by Gasteiger charge is 2.32. The lowest BCUT2D eigenvalue weighted by atomic mass is 10.1. The summed E-state index contributed by atoms with van der Waals surface area (Å²) in [6.45, 7) is 7.22. The van der Waals surface area contributed by atoms with E-state index in [1.54, 1.807) is 0 Å². The number of rotatable bonds is 6. The Morgan fingerprint density at radius 2 is 1.71 bits per heavy atom. The third-order valence-corrected chi connectivity index (χ3v) is 6.03. The average Bonchev–Trinajstić information content (AvgIpc) is 3.26. The Kier molecular flexibility index (Phi) is 6.69. The van der Waals surface area contributed by atoms with Gasteiger partial charge in [-0.1, -0.05) is 30.3 Å². The Bertz CT molecular complexity index is 913. The number of nitrogens with one attached hydrogen (secondary N) is 4. The zero-order valence-corrected chi connectivity index (χ0v) is 17.8. The van der Waals surface area contributed by atoms with Crippen molar-refractivity contribution in [2.24, 2.45) is 0 Å². The fourth-order valence-electron chi connectivity index (χ4n) is 4.10. The predicted molar refractivity (Wildman–Crippen MR) is 114 cm³/mol. The standard InChI is InChI=1S/C23H28N4O4/c1-17(22(28)25-23(29)24-14-18-5-3-2-4-6-18)27-11-9-26(10-12-27)15-19-7-8-20-21(13-19)31-16-30-20/h2-8,13,17H,9-12,14-16H2,1H3,(H2,24,25,28,29)/p+2/t17-/m1/s1. The van der Waals surface area contributed by atoms with Crippen LogP contribution in [-0.2, 0) is 17.9 Å². The second-order valence-corrected chi connectivity index (χ2v) is 8.15. The first-order valence-corrected chi connectivity index (χ1v) is 10.8. The fourth-order valence-corrected chi connectivity index (χ4v) is 4.10. The summed E-state index contributed by atoms with van der Waals surface area (Å²) in [5, 5.41) is 5.22. The van der Waals surface area contributed by atoms with Gasteiger partial charge in [0, 0.05) is 12.1 Å². The number of amides is 3. The van der Waals surface area contributed by atoms with Crippen molar-refractivity contribution in [3.05, 3.63) is 59.7 Å². The van der Waals surface area contributed by atoms with Gasteiger partial charge >= 0.3 is 6.03 Å². The highest BCUT2D eigenvalue weighted by atomic mass is 16.7. The molecule has 1 saturated heterocycles. The number of ether oxygens (including phenoxy) is 2. The van der Waals surface area contributed by atoms with Crippen LogP contribution in [0.4, 0.5) is 4.79 Å². The Balaban J connectivity index is 1.20. The maximum absolute atomic E-state index is 12.5. The predicted octanol–water partition coefficient (Wildman–Crippen LogP) is -0.887. The summed E-state index contributed by atoms with van der Waals surface area (Å²) in [6, 6.07) is 15.0. The quantitative estimate of drug-likeness (QED) is 0.483. The van der Waals surface area contributed by atoms with Gasteiger partial charge in [0.2, 0.25) is 6.79 Å². The van der Waals surface area contributed by atoms with Crippen LogP contribution in [-0.4, -0.2) is 51.0 Å². The molecule has 4 N–H and O–H groups in total. The summed E-state index contributed by atoms with van der Waals surface area (Å²) in [5.41, 5.74) is 2.22. The molecule has 0 bridgehead atoms. The Labute approximate surface area is 182 Å². The van der Waals surface area contributed by atoms with E-state index in [0.29, 0.717) is 6.54 Å². The van der Waals surface area contributed by atoms with Crippen LogP contribution >= 0.6 is 0 Å². The lowest BCUT2D eigenvalue weighted by Crippen LogP contribution is -3.29. The number of imide groups is 1. The van der Waals surface area contributed by atoms with Gasteiger partial charge in [0.05, 0.1) is 0 Å². The first kappa shape index (κ1) is 21.1. The second kappa shape index (κ2) is 9.80. The van der Waals surface area contributed by atoms with Crippen LogP contribution in [0.5, 0.6) is 11.5 Å². The van der Waals surface area contributed by atoms with Gasteiger partial charge < -0.3 is 24.6 Å². The molecule has 0 aromatic heterocycles. The smallest absolute Gasteiger partial charge is 0.321 e. The van der Waals surface area contributed by atoms with Gasteiger partial charge in [-0.2, -0.15) is 0 Å². The molecule has 0 saturated carbocycles. The van der Waals surface area contributed by atoms with Gasteiger partial charge in [0.1, 0.15) is 32.7 Å². The van der Waals surface area contributed by atoms with Gasteiger partial charge in [-0.05, 0) is 30.7 Å². The first-order valence-electron chi connectivity index (χ1n) is 10.8. The summed E-state index contributed by atoms with van der Waals surface area (Å²) in [5.74, 6) is 1.39. The molecule has 2 aromatic rings. The summed E-state index contributed by atoms with van der Waals surface area (Å²) in [6.07, 6.45) is 0. The zero-order valence-electron chi connectivity index (χ0n) is 17.8. The molecule has 0 aliphatic carbocycles. The third kappa shape index (κ3) is 5.53. The summed E-state index contributed by atoms with van der Waals surface area (Å²) >= 11 is 0. The molecule has 2 heterocycles. The van der Waals surface area contributed by atoms with Crippen molar-refractivity contribution in [2.75, 3.05) is 33.0 Å². The molecule has 0 radical (unpaired) electrons. The minimum Gasteiger partial charge on any atom is -0.454 e. The van der Waals surface area contributed by atoms with Crippen LogP contribution in [0.1, 0.15) is 18.1 Å². The van der Waals surface area contributed by atoms with E-state index >= 15 is 0 Å². The van der Waals surface area contributed by atoms with Crippen LogP contribution in [0.2, 0.25) is 0 Å². The first-order chi connectivity index (χ1) is 15.1. The molecule has 0 unspecified atom stereocenters. The number of piperazine rings is 1. The molecule has 3 amide bonds. The second-order valence-electron chi connectivity index (χ2n) is 8.15. The average molecular weight is 427 g/mol. The minimum atomic E-state index is -0.452. The lowest BCUT2D eigenvalue weighted by Gasteiger charge is -2.32. The molecule has 2 aliphatic rings. The van der Waals surface area contributed by atoms with E-state index in [9.17, 15) is 9.59 Å². The molecule has 8 nitrogen and oxygen atoms in total. The van der Waals surface area contributed by atoms with E-state index in [4.69, 9.17) is 9.47 Å². The van der Waals surface area contributed by atoms with Gasteiger partial charge in [0.15, 0.2) is 17.5 Å². The van der Waals surface area contributed by atoms with E-state index in [1.165, 1.54) is 15.4 Å². The fraction of sp³-hybridized carbons (Fsp3) is 0.391. The number of urea groups is 1.